The molecule has 0 N–H and O–H groups in total. The van der Waals surface area contributed by atoms with Gasteiger partial charge in [-0.15, -0.1) is 0 Å². The third-order valence-electron chi connectivity index (χ3n) is 6.11. The number of hydrogen-bond donors (Lipinski definition) is 0. The van der Waals surface area contributed by atoms with Gasteiger partial charge in [0.2, 0.25) is 5.88 Å². The molecule has 0 aliphatic heterocycles. The van der Waals surface area contributed by atoms with Crippen LogP contribution in [0.25, 0.3) is 11.1 Å². The minimum absolute atomic E-state index is 0.623. The zero-order valence-corrected chi connectivity index (χ0v) is 24.3. The summed E-state index contributed by atoms with van der Waals surface area (Å²) in [4.78, 5) is 23.3. The summed E-state index contributed by atoms with van der Waals surface area (Å²) >= 11 is 0. The molecule has 210 valence electrons. The number of ether oxygens (including phenoxy) is 2. The van der Waals surface area contributed by atoms with Gasteiger partial charge in [0.05, 0.1) is 18.0 Å². The fraction of sp³-hybridized carbons (Fsp3) is 0.438. The molecule has 0 radical (unpaired) electrons. The van der Waals surface area contributed by atoms with Gasteiger partial charge in [-0.05, 0) is 63.1 Å². The van der Waals surface area contributed by atoms with Crippen LogP contribution in [0.4, 0.5) is 0 Å². The molecule has 0 aliphatic rings. The minimum atomic E-state index is 0.623. The van der Waals surface area contributed by atoms with Crippen LogP contribution >= 0.6 is 0 Å². The van der Waals surface area contributed by atoms with Crippen molar-refractivity contribution in [1.29, 1.82) is 0 Å². The van der Waals surface area contributed by atoms with Gasteiger partial charge in [0.15, 0.2) is 0 Å². The summed E-state index contributed by atoms with van der Waals surface area (Å²) in [6.45, 7) is 8.92. The maximum atomic E-state index is 8.81. The summed E-state index contributed by atoms with van der Waals surface area (Å²) < 4.78 is 11.3. The lowest BCUT2D eigenvalue weighted by atomic mass is 9.95. The standard InChI is InChI=1S/C30H39N3O3.C2H4O/c1-6-7-14-29-28(30(32-23(3)31-29)36-20-11-10-19-34-4)21-24-15-17-25(18-16-24)27-13-9-8-12-26(27)22(2)33-35-5;1-2-3/h8-9,12-13,15-18H,6-7,10-11,14,19-21H2,1-5H3;2H,1H3/b33-22+;. The van der Waals surface area contributed by atoms with Crippen molar-refractivity contribution in [1.82, 2.24) is 9.97 Å². The molecule has 0 aliphatic carbocycles. The molecule has 0 amide bonds. The molecule has 7 heteroatoms. The highest BCUT2D eigenvalue weighted by Crippen LogP contribution is 2.28. The monoisotopic (exact) mass is 533 g/mol. The Morgan fingerprint density at radius 2 is 1.67 bits per heavy atom. The van der Waals surface area contributed by atoms with Crippen LogP contribution in [0.1, 0.15) is 74.7 Å². The van der Waals surface area contributed by atoms with Gasteiger partial charge in [0.1, 0.15) is 19.2 Å². The first kappa shape index (κ1) is 31.6. The van der Waals surface area contributed by atoms with Gasteiger partial charge in [0, 0.05) is 31.3 Å². The van der Waals surface area contributed by atoms with E-state index in [1.54, 1.807) is 14.2 Å². The maximum Gasteiger partial charge on any atom is 0.220 e. The zero-order valence-electron chi connectivity index (χ0n) is 24.3. The summed E-state index contributed by atoms with van der Waals surface area (Å²) in [5.41, 5.74) is 7.57. The Kier molecular flexibility index (Phi) is 14.5. The number of hydrogen-bond acceptors (Lipinski definition) is 7. The van der Waals surface area contributed by atoms with Gasteiger partial charge >= 0.3 is 0 Å². The second-order valence-electron chi connectivity index (χ2n) is 9.17. The molecule has 39 heavy (non-hydrogen) atoms. The Morgan fingerprint density at radius 3 is 2.33 bits per heavy atom. The largest absolute Gasteiger partial charge is 0.477 e. The molecule has 0 unspecified atom stereocenters. The first-order chi connectivity index (χ1) is 19.0. The summed E-state index contributed by atoms with van der Waals surface area (Å²) in [5.74, 6) is 1.48. The Morgan fingerprint density at radius 1 is 0.974 bits per heavy atom. The molecule has 1 heterocycles. The van der Waals surface area contributed by atoms with Gasteiger partial charge in [0.25, 0.3) is 0 Å². The van der Waals surface area contributed by atoms with E-state index in [2.05, 4.69) is 53.5 Å². The van der Waals surface area contributed by atoms with E-state index in [-0.39, 0.29) is 0 Å². The molecule has 0 atom stereocenters. The summed E-state index contributed by atoms with van der Waals surface area (Å²) in [5, 5.41) is 4.13. The Labute approximate surface area is 233 Å². The second kappa shape index (κ2) is 17.8. The van der Waals surface area contributed by atoms with E-state index in [1.165, 1.54) is 12.5 Å². The number of unbranched alkanes of at least 4 members (excludes halogenated alkanes) is 2. The first-order valence-electron chi connectivity index (χ1n) is 13.6. The highest BCUT2D eigenvalue weighted by molar-refractivity contribution is 6.04. The number of aryl methyl sites for hydroxylation is 2. The number of oxime groups is 1. The van der Waals surface area contributed by atoms with Crippen LogP contribution in [0.3, 0.4) is 0 Å². The Hall–Kier alpha value is -3.58. The van der Waals surface area contributed by atoms with E-state index in [1.807, 2.05) is 26.0 Å². The lowest BCUT2D eigenvalue weighted by Crippen LogP contribution is -2.10. The average molecular weight is 534 g/mol. The molecule has 0 saturated carbocycles. The SMILES string of the molecule is CC=O.CCCCc1nc(C)nc(OCCCCOC)c1Cc1ccc(-c2ccccc2/C(C)=N/OC)cc1. The van der Waals surface area contributed by atoms with E-state index >= 15 is 0 Å². The average Bonchev–Trinajstić information content (AvgIpc) is 2.94. The van der Waals surface area contributed by atoms with Crippen LogP contribution < -0.4 is 4.74 Å². The third-order valence-corrected chi connectivity index (χ3v) is 6.11. The predicted octanol–water partition coefficient (Wildman–Crippen LogP) is 6.77. The fourth-order valence-electron chi connectivity index (χ4n) is 4.23. The molecule has 0 saturated heterocycles. The lowest BCUT2D eigenvalue weighted by Gasteiger charge is -2.16. The fourth-order valence-corrected chi connectivity index (χ4v) is 4.23. The molecule has 1 aromatic heterocycles. The van der Waals surface area contributed by atoms with E-state index < -0.39 is 0 Å². The zero-order chi connectivity index (χ0) is 28.5. The number of carbonyl (C=O) groups excluding carboxylic acids is 1. The van der Waals surface area contributed by atoms with Crippen LogP contribution in [0.15, 0.2) is 53.7 Å². The van der Waals surface area contributed by atoms with Crippen molar-refractivity contribution in [3.63, 3.8) is 0 Å². The quantitative estimate of drug-likeness (QED) is 0.0985. The van der Waals surface area contributed by atoms with Crippen LogP contribution in [0.2, 0.25) is 0 Å². The second-order valence-corrected chi connectivity index (χ2v) is 9.17. The van der Waals surface area contributed by atoms with Gasteiger partial charge in [-0.1, -0.05) is 67.0 Å². The molecule has 3 aromatic rings. The van der Waals surface area contributed by atoms with Crippen LogP contribution in [-0.2, 0) is 27.2 Å². The number of rotatable bonds is 14. The minimum Gasteiger partial charge on any atom is -0.477 e. The number of aldehydes is 1. The van der Waals surface area contributed by atoms with Crippen LogP contribution in [0, 0.1) is 6.92 Å². The molecular weight excluding hydrogens is 490 g/mol. The highest BCUT2D eigenvalue weighted by Gasteiger charge is 2.16. The van der Waals surface area contributed by atoms with E-state index in [9.17, 15) is 0 Å². The maximum absolute atomic E-state index is 8.81. The van der Waals surface area contributed by atoms with Crippen molar-refractivity contribution in [2.45, 2.75) is 66.2 Å². The van der Waals surface area contributed by atoms with Crippen molar-refractivity contribution in [2.75, 3.05) is 27.4 Å². The predicted molar refractivity (Wildman–Crippen MR) is 158 cm³/mol. The molecular formula is C32H43N3O4. The van der Waals surface area contributed by atoms with Crippen molar-refractivity contribution >= 4 is 12.0 Å². The van der Waals surface area contributed by atoms with Crippen LogP contribution in [-0.4, -0.2) is 49.4 Å². The van der Waals surface area contributed by atoms with Gasteiger partial charge in [-0.2, -0.15) is 4.98 Å². The molecule has 0 spiro atoms. The molecule has 0 fully saturated rings. The van der Waals surface area contributed by atoms with Gasteiger partial charge < -0.3 is 19.1 Å². The molecule has 3 rings (SSSR count). The molecule has 2 aromatic carbocycles. The van der Waals surface area contributed by atoms with E-state index in [4.69, 9.17) is 24.1 Å². The summed E-state index contributed by atoms with van der Waals surface area (Å²) in [6, 6.07) is 17.0. The topological polar surface area (TPSA) is 82.9 Å². The molecule has 7 nitrogen and oxygen atoms in total. The van der Waals surface area contributed by atoms with E-state index in [0.717, 1.165) is 90.9 Å². The van der Waals surface area contributed by atoms with Crippen LogP contribution in [0.5, 0.6) is 5.88 Å². The van der Waals surface area contributed by atoms with Crippen molar-refractivity contribution in [2.24, 2.45) is 5.16 Å². The van der Waals surface area contributed by atoms with Gasteiger partial charge in [-0.25, -0.2) is 4.98 Å². The number of carbonyl (C=O) groups is 1. The summed E-state index contributed by atoms with van der Waals surface area (Å²) in [6.07, 6.45) is 6.53. The van der Waals surface area contributed by atoms with Crippen molar-refractivity contribution < 1.29 is 19.1 Å². The molecule has 0 bridgehead atoms. The third kappa shape index (κ3) is 10.2. The van der Waals surface area contributed by atoms with Crippen molar-refractivity contribution in [3.05, 3.63) is 76.7 Å². The summed E-state index contributed by atoms with van der Waals surface area (Å²) in [7, 11) is 3.30. The number of benzene rings is 2. The number of methoxy groups -OCH3 is 1. The highest BCUT2D eigenvalue weighted by atomic mass is 16.6. The van der Waals surface area contributed by atoms with Crippen molar-refractivity contribution in [3.8, 4) is 17.0 Å². The first-order valence-corrected chi connectivity index (χ1v) is 13.6. The Balaban J connectivity index is 0.00000170. The lowest BCUT2D eigenvalue weighted by molar-refractivity contribution is -0.106. The van der Waals surface area contributed by atoms with Gasteiger partial charge in [-0.3, -0.25) is 0 Å². The normalized spacial score (nSPS) is 11.0. The number of aromatic nitrogens is 2. The smallest absolute Gasteiger partial charge is 0.220 e. The van der Waals surface area contributed by atoms with E-state index in [0.29, 0.717) is 12.5 Å². The number of nitrogens with zero attached hydrogens (tertiary/aromatic N) is 3. The Bertz CT molecular complexity index is 1180.